The molecule has 1 aliphatic heterocycles. The molecule has 3 atom stereocenters. The number of carbonyl (C=O) groups excluding carboxylic acids is 2. The van der Waals surface area contributed by atoms with Crippen molar-refractivity contribution in [2.45, 2.75) is 49.7 Å². The van der Waals surface area contributed by atoms with E-state index >= 15 is 0 Å². The van der Waals surface area contributed by atoms with Crippen molar-refractivity contribution in [3.05, 3.63) is 70.7 Å². The minimum absolute atomic E-state index is 0.258. The van der Waals surface area contributed by atoms with E-state index in [4.69, 9.17) is 17.3 Å². The molecule has 1 fully saturated rings. The number of hydrogen-bond donors (Lipinski definition) is 3. The number of nitrogens with one attached hydrogen (secondary N) is 1. The number of nitrogens with zero attached hydrogens (tertiary/aromatic N) is 1. The summed E-state index contributed by atoms with van der Waals surface area (Å²) in [5, 5.41) is 14.1. The van der Waals surface area contributed by atoms with Crippen LogP contribution in [-0.2, 0) is 22.6 Å². The van der Waals surface area contributed by atoms with Gasteiger partial charge >= 0.3 is 0 Å². The molecule has 0 saturated carbocycles. The number of nitrogens with two attached hydrogens (primary N) is 1. The Bertz CT molecular complexity index is 925. The fourth-order valence-corrected chi connectivity index (χ4v) is 5.03. The lowest BCUT2D eigenvalue weighted by atomic mass is 9.97. The van der Waals surface area contributed by atoms with Crippen LogP contribution in [0.4, 0.5) is 0 Å². The zero-order chi connectivity index (χ0) is 22.6. The van der Waals surface area contributed by atoms with Crippen molar-refractivity contribution in [2.75, 3.05) is 5.88 Å². The van der Waals surface area contributed by atoms with Gasteiger partial charge < -0.3 is 21.1 Å². The van der Waals surface area contributed by atoms with E-state index in [9.17, 15) is 14.7 Å². The molecule has 31 heavy (non-hydrogen) atoms. The number of rotatable bonds is 7. The second kappa shape index (κ2) is 10.0. The van der Waals surface area contributed by atoms with Crippen LogP contribution in [0.15, 0.2) is 54.6 Å². The van der Waals surface area contributed by atoms with E-state index in [2.05, 4.69) is 5.32 Å². The van der Waals surface area contributed by atoms with Gasteiger partial charge in [0.1, 0.15) is 12.1 Å². The molecule has 6 nitrogen and oxygen atoms in total. The highest BCUT2D eigenvalue weighted by molar-refractivity contribution is 8.00. The van der Waals surface area contributed by atoms with Crippen LogP contribution >= 0.6 is 23.4 Å². The van der Waals surface area contributed by atoms with Crippen molar-refractivity contribution in [3.63, 3.8) is 0 Å². The Kier molecular flexibility index (Phi) is 7.64. The summed E-state index contributed by atoms with van der Waals surface area (Å²) in [5.74, 6) is -0.503. The third kappa shape index (κ3) is 5.60. The van der Waals surface area contributed by atoms with Gasteiger partial charge in [-0.15, -0.1) is 11.8 Å². The summed E-state index contributed by atoms with van der Waals surface area (Å²) in [5.41, 5.74) is 7.87. The molecule has 0 aromatic heterocycles. The minimum Gasteiger partial charge on any atom is -0.382 e. The Labute approximate surface area is 192 Å². The van der Waals surface area contributed by atoms with Gasteiger partial charge in [0.25, 0.3) is 5.91 Å². The molecule has 0 spiro atoms. The number of carbonyl (C=O) groups is 2. The summed E-state index contributed by atoms with van der Waals surface area (Å²) >= 11 is 7.68. The van der Waals surface area contributed by atoms with E-state index in [1.807, 2.05) is 62.4 Å². The van der Waals surface area contributed by atoms with Gasteiger partial charge in [-0.05, 0) is 37.5 Å². The van der Waals surface area contributed by atoms with Gasteiger partial charge in [-0.2, -0.15) is 0 Å². The van der Waals surface area contributed by atoms with Crippen molar-refractivity contribution < 1.29 is 14.7 Å². The Morgan fingerprint density at radius 3 is 2.55 bits per heavy atom. The quantitative estimate of drug-likeness (QED) is 0.589. The zero-order valence-corrected chi connectivity index (χ0v) is 19.2. The van der Waals surface area contributed by atoms with E-state index in [-0.39, 0.29) is 12.5 Å². The summed E-state index contributed by atoms with van der Waals surface area (Å²) in [7, 11) is 0. The maximum atomic E-state index is 13.1. The van der Waals surface area contributed by atoms with Crippen molar-refractivity contribution in [2.24, 2.45) is 5.73 Å². The van der Waals surface area contributed by atoms with Gasteiger partial charge in [0, 0.05) is 22.4 Å². The Balaban J connectivity index is 1.69. The predicted molar refractivity (Wildman–Crippen MR) is 125 cm³/mol. The molecule has 0 aliphatic carbocycles. The molecule has 2 amide bonds. The third-order valence-corrected chi connectivity index (χ3v) is 7.20. The number of halogens is 1. The minimum atomic E-state index is -1.39. The first kappa shape index (κ1) is 23.6. The van der Waals surface area contributed by atoms with E-state index in [0.717, 1.165) is 11.1 Å². The standard InChI is InChI=1S/C23H28ClN3O3S/c1-23(2)20(21(29)26-13-16-10-6-7-11-17(16)24)27(14-31-23)22(30)19(28)18(25)12-15-8-4-3-5-9-15/h3-11,18-20,28H,12-14,25H2,1-2H3,(H,26,29)/t18?,19-,20+/m0/s1. The van der Waals surface area contributed by atoms with Gasteiger partial charge in [0.2, 0.25) is 5.91 Å². The molecule has 0 bridgehead atoms. The average molecular weight is 462 g/mol. The number of aliphatic hydroxyl groups excluding tert-OH is 1. The first-order chi connectivity index (χ1) is 14.7. The van der Waals surface area contributed by atoms with Crippen LogP contribution in [0.3, 0.4) is 0 Å². The molecule has 8 heteroatoms. The van der Waals surface area contributed by atoms with Gasteiger partial charge in [0.15, 0.2) is 0 Å². The SMILES string of the molecule is CC1(C)SCN(C(=O)[C@@H](O)C(N)Cc2ccccc2)[C@@H]1C(=O)NCc1ccccc1Cl. The lowest BCUT2D eigenvalue weighted by molar-refractivity contribution is -0.147. The Morgan fingerprint density at radius 2 is 1.87 bits per heavy atom. The molecule has 1 aliphatic rings. The van der Waals surface area contributed by atoms with Crippen LogP contribution in [0.5, 0.6) is 0 Å². The summed E-state index contributed by atoms with van der Waals surface area (Å²) in [4.78, 5) is 27.6. The second-order valence-electron chi connectivity index (χ2n) is 8.20. The number of benzene rings is 2. The summed E-state index contributed by atoms with van der Waals surface area (Å²) in [6.45, 7) is 4.09. The molecular weight excluding hydrogens is 434 g/mol. The molecule has 1 heterocycles. The van der Waals surface area contributed by atoms with Crippen molar-refractivity contribution in [1.82, 2.24) is 10.2 Å². The van der Waals surface area contributed by atoms with Crippen molar-refractivity contribution in [3.8, 4) is 0 Å². The number of amides is 2. The Hall–Kier alpha value is -2.06. The van der Waals surface area contributed by atoms with Crippen LogP contribution in [-0.4, -0.2) is 50.6 Å². The van der Waals surface area contributed by atoms with E-state index in [1.165, 1.54) is 16.7 Å². The first-order valence-corrected chi connectivity index (χ1v) is 11.5. The first-order valence-electron chi connectivity index (χ1n) is 10.1. The third-order valence-electron chi connectivity index (χ3n) is 5.46. The molecule has 2 aromatic carbocycles. The van der Waals surface area contributed by atoms with Gasteiger partial charge in [0.05, 0.1) is 5.88 Å². The highest BCUT2D eigenvalue weighted by Gasteiger charge is 2.49. The topological polar surface area (TPSA) is 95.7 Å². The van der Waals surface area contributed by atoms with E-state index < -0.39 is 28.8 Å². The molecule has 4 N–H and O–H groups in total. The summed E-state index contributed by atoms with van der Waals surface area (Å²) in [6, 6.07) is 15.2. The maximum absolute atomic E-state index is 13.1. The van der Waals surface area contributed by atoms with E-state index in [0.29, 0.717) is 17.3 Å². The molecule has 166 valence electrons. The van der Waals surface area contributed by atoms with E-state index in [1.54, 1.807) is 6.07 Å². The summed E-state index contributed by atoms with van der Waals surface area (Å²) in [6.07, 6.45) is -1.03. The number of hydrogen-bond acceptors (Lipinski definition) is 5. The average Bonchev–Trinajstić information content (AvgIpc) is 3.07. The zero-order valence-electron chi connectivity index (χ0n) is 17.6. The Morgan fingerprint density at radius 1 is 1.23 bits per heavy atom. The molecular formula is C23H28ClN3O3S. The monoisotopic (exact) mass is 461 g/mol. The fourth-order valence-electron chi connectivity index (χ4n) is 3.68. The van der Waals surface area contributed by atoms with Crippen molar-refractivity contribution in [1.29, 1.82) is 0 Å². The van der Waals surface area contributed by atoms with Crippen LogP contribution in [0.25, 0.3) is 0 Å². The second-order valence-corrected chi connectivity index (χ2v) is 10.2. The predicted octanol–water partition coefficient (Wildman–Crippen LogP) is 2.57. The highest BCUT2D eigenvalue weighted by Crippen LogP contribution is 2.39. The van der Waals surface area contributed by atoms with Crippen LogP contribution < -0.4 is 11.1 Å². The van der Waals surface area contributed by atoms with Crippen molar-refractivity contribution >= 4 is 35.2 Å². The van der Waals surface area contributed by atoms with Crippen LogP contribution in [0.1, 0.15) is 25.0 Å². The molecule has 1 unspecified atom stereocenters. The van der Waals surface area contributed by atoms with Crippen LogP contribution in [0, 0.1) is 0 Å². The smallest absolute Gasteiger partial charge is 0.254 e. The lowest BCUT2D eigenvalue weighted by Crippen LogP contribution is -2.57. The molecule has 1 saturated heterocycles. The van der Waals surface area contributed by atoms with Gasteiger partial charge in [-0.1, -0.05) is 60.1 Å². The number of aliphatic hydroxyl groups is 1. The maximum Gasteiger partial charge on any atom is 0.254 e. The number of thioether (sulfide) groups is 1. The van der Waals surface area contributed by atoms with Gasteiger partial charge in [-0.25, -0.2) is 0 Å². The lowest BCUT2D eigenvalue weighted by Gasteiger charge is -2.32. The largest absolute Gasteiger partial charge is 0.382 e. The van der Waals surface area contributed by atoms with Gasteiger partial charge in [-0.3, -0.25) is 9.59 Å². The highest BCUT2D eigenvalue weighted by atomic mass is 35.5. The summed E-state index contributed by atoms with van der Waals surface area (Å²) < 4.78 is -0.510. The molecule has 0 radical (unpaired) electrons. The fraction of sp³-hybridized carbons (Fsp3) is 0.391. The molecule has 3 rings (SSSR count). The van der Waals surface area contributed by atoms with Crippen LogP contribution in [0.2, 0.25) is 5.02 Å². The normalized spacial score (nSPS) is 19.6. The molecule has 2 aromatic rings.